The van der Waals surface area contributed by atoms with E-state index in [0.29, 0.717) is 0 Å². The quantitative estimate of drug-likeness (QED) is 0.469. The van der Waals surface area contributed by atoms with Gasteiger partial charge >= 0.3 is 5.97 Å². The lowest BCUT2D eigenvalue weighted by Crippen LogP contribution is -2.38. The summed E-state index contributed by atoms with van der Waals surface area (Å²) in [6.07, 6.45) is 2.46. The van der Waals surface area contributed by atoms with Crippen LogP contribution in [0.5, 0.6) is 0 Å². The second-order valence-corrected chi connectivity index (χ2v) is 7.70. The summed E-state index contributed by atoms with van der Waals surface area (Å²) in [5.74, 6) is -0.651. The number of para-hydroxylation sites is 1. The number of fused-ring (bicyclic) bond motifs is 4. The molecule has 0 aliphatic carbocycles. The fourth-order valence-corrected chi connectivity index (χ4v) is 4.37. The van der Waals surface area contributed by atoms with E-state index in [-0.39, 0.29) is 25.0 Å². The largest absolute Gasteiger partial charge is 0.464 e. The third-order valence-corrected chi connectivity index (χ3v) is 5.71. The molecule has 5 nitrogen and oxygen atoms in total. The van der Waals surface area contributed by atoms with Crippen LogP contribution in [0.2, 0.25) is 0 Å². The fraction of sp³-hybridized carbons (Fsp3) is 0.200. The van der Waals surface area contributed by atoms with Crippen molar-refractivity contribution in [1.29, 1.82) is 0 Å². The molecule has 1 atom stereocenters. The van der Waals surface area contributed by atoms with Crippen LogP contribution < -0.4 is 4.90 Å². The number of rotatable bonds is 4. The molecule has 0 fully saturated rings. The Kier molecular flexibility index (Phi) is 4.51. The van der Waals surface area contributed by atoms with Crippen molar-refractivity contribution in [3.8, 4) is 0 Å². The van der Waals surface area contributed by atoms with Crippen LogP contribution >= 0.6 is 0 Å². The molecule has 0 unspecified atom stereocenters. The standard InChI is InChI=1S/C25H21NO4/c1-16-12-18-7-3-5-9-21(18)26(16)23(27)15-30-24(28)13-19-14-29-22-11-10-17-6-2-4-8-20(17)25(19)22/h2-11,14,16H,12-13,15H2,1H3/t16-/m0/s1. The van der Waals surface area contributed by atoms with Gasteiger partial charge in [0.05, 0.1) is 12.7 Å². The van der Waals surface area contributed by atoms with Crippen LogP contribution in [0, 0.1) is 0 Å². The third-order valence-electron chi connectivity index (χ3n) is 5.71. The third kappa shape index (κ3) is 3.12. The first kappa shape index (κ1) is 18.4. The summed E-state index contributed by atoms with van der Waals surface area (Å²) in [6, 6.07) is 19.8. The van der Waals surface area contributed by atoms with Gasteiger partial charge in [-0.25, -0.2) is 0 Å². The number of furan rings is 1. The van der Waals surface area contributed by atoms with Crippen LogP contribution in [-0.2, 0) is 27.2 Å². The topological polar surface area (TPSA) is 59.8 Å². The molecular formula is C25H21NO4. The molecule has 2 heterocycles. The zero-order valence-electron chi connectivity index (χ0n) is 16.6. The molecule has 0 N–H and O–H groups in total. The molecule has 0 radical (unpaired) electrons. The van der Waals surface area contributed by atoms with E-state index in [4.69, 9.17) is 9.15 Å². The highest BCUT2D eigenvalue weighted by atomic mass is 16.5. The molecule has 30 heavy (non-hydrogen) atoms. The first-order chi connectivity index (χ1) is 14.6. The Hall–Kier alpha value is -3.60. The fourth-order valence-electron chi connectivity index (χ4n) is 4.37. The van der Waals surface area contributed by atoms with Gasteiger partial charge in [-0.3, -0.25) is 9.59 Å². The lowest BCUT2D eigenvalue weighted by Gasteiger charge is -2.22. The minimum absolute atomic E-state index is 0.0535. The van der Waals surface area contributed by atoms with Gasteiger partial charge < -0.3 is 14.1 Å². The molecule has 0 saturated heterocycles. The Morgan fingerprint density at radius 1 is 1.07 bits per heavy atom. The lowest BCUT2D eigenvalue weighted by molar-refractivity contribution is -0.147. The van der Waals surface area contributed by atoms with Crippen LogP contribution in [0.1, 0.15) is 18.1 Å². The van der Waals surface area contributed by atoms with Gasteiger partial charge in [0.2, 0.25) is 0 Å². The Balaban J connectivity index is 1.30. The maximum Gasteiger partial charge on any atom is 0.310 e. The summed E-state index contributed by atoms with van der Waals surface area (Å²) in [6.45, 7) is 1.73. The highest BCUT2D eigenvalue weighted by Crippen LogP contribution is 2.32. The van der Waals surface area contributed by atoms with Crippen LogP contribution in [0.4, 0.5) is 5.69 Å². The number of hydrogen-bond acceptors (Lipinski definition) is 4. The Labute approximate surface area is 173 Å². The predicted molar refractivity (Wildman–Crippen MR) is 115 cm³/mol. The predicted octanol–water partition coefficient (Wildman–Crippen LogP) is 4.65. The number of amides is 1. The molecule has 1 amide bonds. The van der Waals surface area contributed by atoms with Crippen molar-refractivity contribution in [2.75, 3.05) is 11.5 Å². The van der Waals surface area contributed by atoms with Crippen LogP contribution in [-0.4, -0.2) is 24.5 Å². The molecule has 0 bridgehead atoms. The average Bonchev–Trinajstić information content (AvgIpc) is 3.32. The van der Waals surface area contributed by atoms with E-state index >= 15 is 0 Å². The number of benzene rings is 3. The number of anilines is 1. The zero-order chi connectivity index (χ0) is 20.7. The molecule has 1 aromatic heterocycles. The highest BCUT2D eigenvalue weighted by molar-refractivity contribution is 6.08. The highest BCUT2D eigenvalue weighted by Gasteiger charge is 2.31. The smallest absolute Gasteiger partial charge is 0.310 e. The van der Waals surface area contributed by atoms with Gasteiger partial charge in [-0.05, 0) is 41.8 Å². The van der Waals surface area contributed by atoms with Gasteiger partial charge in [-0.1, -0.05) is 48.5 Å². The van der Waals surface area contributed by atoms with Crippen LogP contribution in [0.3, 0.4) is 0 Å². The van der Waals surface area contributed by atoms with Crippen molar-refractivity contribution in [2.24, 2.45) is 0 Å². The first-order valence-electron chi connectivity index (χ1n) is 10.1. The molecule has 0 saturated carbocycles. The van der Waals surface area contributed by atoms with Crippen LogP contribution in [0.15, 0.2) is 71.3 Å². The second kappa shape index (κ2) is 7.34. The number of nitrogens with zero attached hydrogens (tertiary/aromatic N) is 1. The minimum atomic E-state index is -0.445. The van der Waals surface area contributed by atoms with Gasteiger partial charge in [0.15, 0.2) is 6.61 Å². The summed E-state index contributed by atoms with van der Waals surface area (Å²) >= 11 is 0. The van der Waals surface area contributed by atoms with E-state index < -0.39 is 5.97 Å². The number of carbonyl (C=O) groups is 2. The molecule has 4 aromatic rings. The number of ether oxygens (including phenoxy) is 1. The minimum Gasteiger partial charge on any atom is -0.464 e. The number of carbonyl (C=O) groups excluding carboxylic acids is 2. The molecule has 1 aliphatic heterocycles. The van der Waals surface area contributed by atoms with Crippen LogP contribution in [0.25, 0.3) is 21.7 Å². The molecule has 150 valence electrons. The van der Waals surface area contributed by atoms with Crippen molar-refractivity contribution < 1.29 is 18.7 Å². The van der Waals surface area contributed by atoms with Gasteiger partial charge in [0.25, 0.3) is 5.91 Å². The maximum atomic E-state index is 12.7. The molecule has 5 heteroatoms. The Morgan fingerprint density at radius 3 is 2.77 bits per heavy atom. The molecular weight excluding hydrogens is 378 g/mol. The zero-order valence-corrected chi connectivity index (χ0v) is 16.6. The number of hydrogen-bond donors (Lipinski definition) is 0. The summed E-state index contributed by atoms with van der Waals surface area (Å²) in [5.41, 5.74) is 3.54. The summed E-state index contributed by atoms with van der Waals surface area (Å²) in [4.78, 5) is 27.0. The molecule has 3 aromatic carbocycles. The summed E-state index contributed by atoms with van der Waals surface area (Å²) < 4.78 is 11.0. The van der Waals surface area contributed by atoms with Crippen molar-refractivity contribution >= 4 is 39.3 Å². The summed E-state index contributed by atoms with van der Waals surface area (Å²) in [5, 5.41) is 3.03. The monoisotopic (exact) mass is 399 g/mol. The first-order valence-corrected chi connectivity index (χ1v) is 10.1. The van der Waals surface area contributed by atoms with Crippen molar-refractivity contribution in [1.82, 2.24) is 0 Å². The molecule has 5 rings (SSSR count). The second-order valence-electron chi connectivity index (χ2n) is 7.70. The van der Waals surface area contributed by atoms with Gasteiger partial charge in [-0.2, -0.15) is 0 Å². The summed E-state index contributed by atoms with van der Waals surface area (Å²) in [7, 11) is 0. The number of esters is 1. The van der Waals surface area contributed by atoms with Crippen molar-refractivity contribution in [2.45, 2.75) is 25.8 Å². The van der Waals surface area contributed by atoms with Crippen molar-refractivity contribution in [3.63, 3.8) is 0 Å². The van der Waals surface area contributed by atoms with Gasteiger partial charge in [0, 0.05) is 22.7 Å². The Bertz CT molecular complexity index is 1270. The van der Waals surface area contributed by atoms with E-state index in [9.17, 15) is 9.59 Å². The molecule has 1 aliphatic rings. The van der Waals surface area contributed by atoms with E-state index in [1.807, 2.05) is 67.6 Å². The van der Waals surface area contributed by atoms with E-state index in [2.05, 4.69) is 0 Å². The van der Waals surface area contributed by atoms with Crippen molar-refractivity contribution in [3.05, 3.63) is 78.1 Å². The van der Waals surface area contributed by atoms with Gasteiger partial charge in [0.1, 0.15) is 5.58 Å². The lowest BCUT2D eigenvalue weighted by atomic mass is 10.0. The van der Waals surface area contributed by atoms with Gasteiger partial charge in [-0.15, -0.1) is 0 Å². The van der Waals surface area contributed by atoms with E-state index in [0.717, 1.165) is 45.0 Å². The van der Waals surface area contributed by atoms with E-state index in [1.54, 1.807) is 11.2 Å². The van der Waals surface area contributed by atoms with E-state index in [1.165, 1.54) is 0 Å². The SMILES string of the molecule is C[C@H]1Cc2ccccc2N1C(=O)COC(=O)Cc1coc2ccc3ccccc3c12. The molecule has 0 spiro atoms. The maximum absolute atomic E-state index is 12.7. The average molecular weight is 399 g/mol. The Morgan fingerprint density at radius 2 is 1.87 bits per heavy atom. The normalized spacial score (nSPS) is 15.5.